The summed E-state index contributed by atoms with van der Waals surface area (Å²) in [7, 11) is 0. The molecule has 0 saturated heterocycles. The Kier molecular flexibility index (Phi) is 1.20. The van der Waals surface area contributed by atoms with Gasteiger partial charge >= 0.3 is 0 Å². The molecule has 3 heteroatoms. The Morgan fingerprint density at radius 2 is 2.30 bits per heavy atom. The lowest BCUT2D eigenvalue weighted by Gasteiger charge is -1.98. The second-order valence-corrected chi connectivity index (χ2v) is 3.46. The fraction of sp³-hybridized carbons (Fsp3) is 0.429. The molecule has 1 unspecified atom stereocenters. The van der Waals surface area contributed by atoms with Gasteiger partial charge < -0.3 is 0 Å². The van der Waals surface area contributed by atoms with Crippen LogP contribution in [0.5, 0.6) is 0 Å². The predicted molar refractivity (Wildman–Crippen MR) is 42.7 cm³/mol. The molecule has 0 aromatic rings. The maximum absolute atomic E-state index is 4.12. The molecule has 0 radical (unpaired) electrons. The van der Waals surface area contributed by atoms with E-state index in [1.165, 1.54) is 10.5 Å². The van der Waals surface area contributed by atoms with E-state index in [1.54, 1.807) is 11.8 Å². The lowest BCUT2D eigenvalue weighted by molar-refractivity contribution is 0.916. The summed E-state index contributed by atoms with van der Waals surface area (Å²) in [4.78, 5) is 1.32. The lowest BCUT2D eigenvalue weighted by Crippen LogP contribution is -1.98. The van der Waals surface area contributed by atoms with Crippen LogP contribution in [0.1, 0.15) is 13.8 Å². The first-order valence-corrected chi connectivity index (χ1v) is 4.12. The van der Waals surface area contributed by atoms with E-state index in [9.17, 15) is 0 Å². The Balaban J connectivity index is 2.42. The Labute approximate surface area is 64.1 Å². The maximum atomic E-state index is 4.12. The van der Waals surface area contributed by atoms with Gasteiger partial charge in [0, 0.05) is 4.91 Å². The zero-order valence-electron chi connectivity index (χ0n) is 5.96. The summed E-state index contributed by atoms with van der Waals surface area (Å²) in [5.41, 5.74) is 2.41. The fourth-order valence-corrected chi connectivity index (χ4v) is 2.13. The van der Waals surface area contributed by atoms with E-state index in [0.717, 1.165) is 5.70 Å². The zero-order chi connectivity index (χ0) is 7.14. The first kappa shape index (κ1) is 6.16. The summed E-state index contributed by atoms with van der Waals surface area (Å²) in [5, 5.41) is 10.3. The topological polar surface area (TPSA) is 24.7 Å². The Hall–Kier alpha value is -0.570. The van der Waals surface area contributed by atoms with Crippen molar-refractivity contribution < 1.29 is 0 Å². The largest absolute Gasteiger partial charge is 0.176 e. The van der Waals surface area contributed by atoms with Crippen LogP contribution in [0, 0.1) is 0 Å². The minimum Gasteiger partial charge on any atom is -0.176 e. The van der Waals surface area contributed by atoms with Gasteiger partial charge in [0.2, 0.25) is 0 Å². The third-order valence-electron chi connectivity index (χ3n) is 1.73. The number of thioether (sulfide) groups is 1. The SMILES string of the molecule is CC1=CSC2=C(C)N=NC12. The highest BCUT2D eigenvalue weighted by Crippen LogP contribution is 2.41. The van der Waals surface area contributed by atoms with Crippen molar-refractivity contribution in [1.82, 2.24) is 0 Å². The maximum Gasteiger partial charge on any atom is 0.126 e. The number of fused-ring (bicyclic) bond motifs is 1. The van der Waals surface area contributed by atoms with Crippen LogP contribution in [0.4, 0.5) is 0 Å². The molecule has 0 saturated carbocycles. The number of hydrogen-bond donors (Lipinski definition) is 0. The molecule has 0 bridgehead atoms. The molecule has 0 aromatic heterocycles. The Morgan fingerprint density at radius 3 is 3.00 bits per heavy atom. The highest BCUT2D eigenvalue weighted by Gasteiger charge is 2.27. The summed E-state index contributed by atoms with van der Waals surface area (Å²) in [6, 6.07) is 0.282. The van der Waals surface area contributed by atoms with Gasteiger partial charge in [-0.2, -0.15) is 10.2 Å². The molecule has 2 nitrogen and oxygen atoms in total. The molecular formula is C7H8N2S. The van der Waals surface area contributed by atoms with Gasteiger partial charge in [-0.15, -0.1) is 0 Å². The van der Waals surface area contributed by atoms with Gasteiger partial charge in [-0.05, 0) is 24.8 Å². The van der Waals surface area contributed by atoms with Crippen LogP contribution in [-0.2, 0) is 0 Å². The molecule has 10 heavy (non-hydrogen) atoms. The minimum atomic E-state index is 0.282. The number of allylic oxidation sites excluding steroid dienone is 1. The molecule has 2 heterocycles. The Morgan fingerprint density at radius 1 is 1.50 bits per heavy atom. The van der Waals surface area contributed by atoms with E-state index >= 15 is 0 Å². The molecule has 0 aliphatic carbocycles. The van der Waals surface area contributed by atoms with Crippen molar-refractivity contribution in [3.05, 3.63) is 21.6 Å². The molecule has 0 amide bonds. The third-order valence-corrected chi connectivity index (χ3v) is 2.99. The van der Waals surface area contributed by atoms with Gasteiger partial charge in [-0.3, -0.25) is 0 Å². The lowest BCUT2D eigenvalue weighted by atomic mass is 10.1. The molecular weight excluding hydrogens is 144 g/mol. The molecule has 0 spiro atoms. The zero-order valence-corrected chi connectivity index (χ0v) is 6.77. The van der Waals surface area contributed by atoms with Crippen molar-refractivity contribution >= 4 is 11.8 Å². The summed E-state index contributed by atoms with van der Waals surface area (Å²) in [6.07, 6.45) is 0. The monoisotopic (exact) mass is 152 g/mol. The van der Waals surface area contributed by atoms with Crippen LogP contribution in [0.3, 0.4) is 0 Å². The third kappa shape index (κ3) is 0.669. The molecule has 1 atom stereocenters. The molecule has 52 valence electrons. The van der Waals surface area contributed by atoms with Gasteiger partial charge in [0.15, 0.2) is 0 Å². The Bertz CT molecular complexity index is 263. The summed E-state index contributed by atoms with van der Waals surface area (Å²) < 4.78 is 0. The molecule has 0 aromatic carbocycles. The van der Waals surface area contributed by atoms with Crippen LogP contribution in [0.2, 0.25) is 0 Å². The minimum absolute atomic E-state index is 0.282. The van der Waals surface area contributed by atoms with Crippen LogP contribution >= 0.6 is 11.8 Å². The first-order valence-electron chi connectivity index (χ1n) is 3.24. The number of hydrogen-bond acceptors (Lipinski definition) is 3. The van der Waals surface area contributed by atoms with E-state index in [4.69, 9.17) is 0 Å². The highest BCUT2D eigenvalue weighted by molar-refractivity contribution is 8.06. The van der Waals surface area contributed by atoms with E-state index in [-0.39, 0.29) is 6.04 Å². The second-order valence-electron chi connectivity index (χ2n) is 2.55. The van der Waals surface area contributed by atoms with Crippen molar-refractivity contribution in [2.75, 3.05) is 0 Å². The van der Waals surface area contributed by atoms with E-state index in [2.05, 4.69) is 22.6 Å². The van der Waals surface area contributed by atoms with Gasteiger partial charge in [-0.1, -0.05) is 11.8 Å². The quantitative estimate of drug-likeness (QED) is 0.523. The summed E-state index contributed by atoms with van der Waals surface area (Å²) >= 11 is 1.76. The average Bonchev–Trinajstić information content (AvgIpc) is 2.41. The van der Waals surface area contributed by atoms with E-state index < -0.39 is 0 Å². The van der Waals surface area contributed by atoms with Crippen molar-refractivity contribution in [3.8, 4) is 0 Å². The van der Waals surface area contributed by atoms with Crippen molar-refractivity contribution in [3.63, 3.8) is 0 Å². The first-order chi connectivity index (χ1) is 4.79. The smallest absolute Gasteiger partial charge is 0.126 e. The predicted octanol–water partition coefficient (Wildman–Crippen LogP) is 2.70. The van der Waals surface area contributed by atoms with Crippen LogP contribution < -0.4 is 0 Å². The van der Waals surface area contributed by atoms with E-state index in [1.807, 2.05) is 6.92 Å². The molecule has 2 aliphatic heterocycles. The van der Waals surface area contributed by atoms with Crippen LogP contribution in [0.15, 0.2) is 31.8 Å². The van der Waals surface area contributed by atoms with Crippen LogP contribution in [0.25, 0.3) is 0 Å². The summed E-state index contributed by atoms with van der Waals surface area (Å²) in [6.45, 7) is 4.11. The molecule has 2 aliphatic rings. The van der Waals surface area contributed by atoms with Crippen molar-refractivity contribution in [1.29, 1.82) is 0 Å². The number of rotatable bonds is 0. The fourth-order valence-electron chi connectivity index (χ4n) is 1.11. The molecule has 0 fully saturated rings. The highest BCUT2D eigenvalue weighted by atomic mass is 32.2. The van der Waals surface area contributed by atoms with Crippen LogP contribution in [-0.4, -0.2) is 6.04 Å². The van der Waals surface area contributed by atoms with E-state index in [0.29, 0.717) is 0 Å². The normalized spacial score (nSPS) is 29.4. The van der Waals surface area contributed by atoms with Crippen molar-refractivity contribution in [2.24, 2.45) is 10.2 Å². The number of azo groups is 1. The standard InChI is InChI=1S/C7H8N2S/c1-4-3-10-7-5(2)8-9-6(4)7/h3,6H,1-2H3. The second kappa shape index (κ2) is 1.95. The van der Waals surface area contributed by atoms with Gasteiger partial charge in [-0.25, -0.2) is 0 Å². The van der Waals surface area contributed by atoms with Crippen molar-refractivity contribution in [2.45, 2.75) is 19.9 Å². The molecule has 0 N–H and O–H groups in total. The van der Waals surface area contributed by atoms with Gasteiger partial charge in [0.05, 0.1) is 5.70 Å². The van der Waals surface area contributed by atoms with Gasteiger partial charge in [0.1, 0.15) is 6.04 Å². The number of nitrogens with zero attached hydrogens (tertiary/aromatic N) is 2. The van der Waals surface area contributed by atoms with Gasteiger partial charge in [0.25, 0.3) is 0 Å². The average molecular weight is 152 g/mol. The summed E-state index contributed by atoms with van der Waals surface area (Å²) in [5.74, 6) is 0. The molecule has 2 rings (SSSR count).